The zero-order chi connectivity index (χ0) is 47.6. The molecule has 376 valence electrons. The molecule has 0 heterocycles. The molecule has 0 aliphatic carbocycles. The van der Waals surface area contributed by atoms with Gasteiger partial charge >= 0.3 is 19.8 Å². The van der Waals surface area contributed by atoms with E-state index in [9.17, 15) is 24.2 Å². The third-order valence-electron chi connectivity index (χ3n) is 10.8. The van der Waals surface area contributed by atoms with E-state index in [1.165, 1.54) is 116 Å². The van der Waals surface area contributed by atoms with Crippen molar-refractivity contribution in [1.29, 1.82) is 0 Å². The summed E-state index contributed by atoms with van der Waals surface area (Å²) in [5.41, 5.74) is 0. The summed E-state index contributed by atoms with van der Waals surface area (Å²) in [6.07, 6.45) is 58.9. The Labute approximate surface area is 397 Å². The first kappa shape index (κ1) is 62.4. The van der Waals surface area contributed by atoms with Gasteiger partial charge in [0.2, 0.25) is 0 Å². The van der Waals surface area contributed by atoms with Gasteiger partial charge in [-0.25, -0.2) is 4.57 Å². The molecule has 0 aromatic carbocycles. The lowest BCUT2D eigenvalue weighted by Gasteiger charge is -2.20. The number of esters is 2. The molecule has 0 spiro atoms. The molecular formula is C54H95O10P. The summed E-state index contributed by atoms with van der Waals surface area (Å²) in [6.45, 7) is 2.22. The first-order valence-corrected chi connectivity index (χ1v) is 27.4. The van der Waals surface area contributed by atoms with Crippen LogP contribution in [0.1, 0.15) is 219 Å². The SMILES string of the molecule is CC/C=C/C/C=C/C/C=C/C/C=C/C/C=C/CCCCCC(=O)OC[C@H](COP(=O)(O)OC[C@@H](O)CO)OC(=O)CCC/C=C/CCCCCCCCCCCCCCCCCCCC. The quantitative estimate of drug-likeness (QED) is 0.0233. The van der Waals surface area contributed by atoms with Crippen LogP contribution in [0.15, 0.2) is 72.9 Å². The molecule has 0 aliphatic heterocycles. The zero-order valence-electron chi connectivity index (χ0n) is 41.2. The van der Waals surface area contributed by atoms with Gasteiger partial charge in [-0.05, 0) is 77.0 Å². The standard InChI is InChI=1S/C54H95O10P/c1-3-5-7-9-11-13-15-17-19-21-23-24-25-26-28-30-32-34-36-38-40-42-44-46-54(58)64-52(50-63-65(59,60)62-48-51(56)47-55)49-61-53(57)45-43-41-39-37-35-33-31-29-27-22-20-18-16-14-12-10-8-6-4-2/h6,8,12,14,18,20,27,29,33,35,38,40,51-52,55-56H,3-5,7,9-11,13,15-17,19,21-26,28,30-32,34,36-37,39,41-50H2,1-2H3,(H,59,60)/b8-6+,14-12+,20-18+,29-27+,35-33+,40-38+/t51-,52+/m0/s1. The van der Waals surface area contributed by atoms with E-state index in [1.807, 2.05) is 0 Å². The van der Waals surface area contributed by atoms with Gasteiger partial charge < -0.3 is 24.6 Å². The fraction of sp³-hybridized carbons (Fsp3) is 0.741. The van der Waals surface area contributed by atoms with Crippen molar-refractivity contribution in [3.63, 3.8) is 0 Å². The maximum Gasteiger partial charge on any atom is 0.472 e. The normalized spacial score (nSPS) is 14.2. The first-order valence-electron chi connectivity index (χ1n) is 25.9. The molecule has 0 aromatic rings. The molecule has 0 saturated carbocycles. The predicted octanol–water partition coefficient (Wildman–Crippen LogP) is 14.8. The Balaban J connectivity index is 4.25. The van der Waals surface area contributed by atoms with Gasteiger partial charge in [-0.1, -0.05) is 202 Å². The third kappa shape index (κ3) is 49.1. The number of carbonyl (C=O) groups is 2. The van der Waals surface area contributed by atoms with E-state index in [-0.39, 0.29) is 19.4 Å². The molecule has 3 atom stereocenters. The van der Waals surface area contributed by atoms with Gasteiger partial charge in [-0.15, -0.1) is 0 Å². The Bertz CT molecular complexity index is 1310. The molecule has 0 aliphatic rings. The smallest absolute Gasteiger partial charge is 0.462 e. The minimum absolute atomic E-state index is 0.127. The van der Waals surface area contributed by atoms with Crippen LogP contribution in [0, 0.1) is 0 Å². The number of ether oxygens (including phenoxy) is 2. The number of rotatable bonds is 48. The lowest BCUT2D eigenvalue weighted by Crippen LogP contribution is -2.29. The highest BCUT2D eigenvalue weighted by molar-refractivity contribution is 7.47. The zero-order valence-corrected chi connectivity index (χ0v) is 42.1. The Hall–Kier alpha value is -2.59. The van der Waals surface area contributed by atoms with Gasteiger partial charge in [0.25, 0.3) is 0 Å². The number of phosphoric ester groups is 1. The second-order valence-electron chi connectivity index (χ2n) is 17.2. The lowest BCUT2D eigenvalue weighted by molar-refractivity contribution is -0.161. The molecule has 0 aromatic heterocycles. The van der Waals surface area contributed by atoms with Gasteiger partial charge in [-0.3, -0.25) is 18.6 Å². The predicted molar refractivity (Wildman–Crippen MR) is 270 cm³/mol. The highest BCUT2D eigenvalue weighted by atomic mass is 31.2. The molecule has 0 amide bonds. The summed E-state index contributed by atoms with van der Waals surface area (Å²) in [7, 11) is -4.64. The molecule has 10 nitrogen and oxygen atoms in total. The summed E-state index contributed by atoms with van der Waals surface area (Å²) < 4.78 is 32.8. The summed E-state index contributed by atoms with van der Waals surface area (Å²) in [6, 6.07) is 0. The molecule has 0 radical (unpaired) electrons. The second-order valence-corrected chi connectivity index (χ2v) is 18.6. The summed E-state index contributed by atoms with van der Waals surface area (Å²) in [5, 5.41) is 18.4. The highest BCUT2D eigenvalue weighted by Crippen LogP contribution is 2.43. The van der Waals surface area contributed by atoms with Crippen LogP contribution in [-0.4, -0.2) is 65.7 Å². The summed E-state index contributed by atoms with van der Waals surface area (Å²) in [4.78, 5) is 35.2. The van der Waals surface area contributed by atoms with Crippen LogP contribution in [-0.2, 0) is 32.7 Å². The van der Waals surface area contributed by atoms with Gasteiger partial charge in [0.1, 0.15) is 12.7 Å². The number of hydrogen-bond acceptors (Lipinski definition) is 9. The number of allylic oxidation sites excluding steroid dienone is 12. The fourth-order valence-electron chi connectivity index (χ4n) is 6.91. The van der Waals surface area contributed by atoms with Crippen LogP contribution < -0.4 is 0 Å². The van der Waals surface area contributed by atoms with Crippen molar-refractivity contribution in [1.82, 2.24) is 0 Å². The van der Waals surface area contributed by atoms with Crippen molar-refractivity contribution in [3.8, 4) is 0 Å². The topological polar surface area (TPSA) is 149 Å². The van der Waals surface area contributed by atoms with E-state index in [4.69, 9.17) is 23.6 Å². The van der Waals surface area contributed by atoms with E-state index in [2.05, 4.69) is 86.8 Å². The van der Waals surface area contributed by atoms with Gasteiger partial charge in [0.05, 0.1) is 19.8 Å². The number of carbonyl (C=O) groups excluding carboxylic acids is 2. The van der Waals surface area contributed by atoms with E-state index in [1.54, 1.807) is 0 Å². The minimum atomic E-state index is -4.64. The van der Waals surface area contributed by atoms with E-state index in [0.717, 1.165) is 64.2 Å². The van der Waals surface area contributed by atoms with Crippen molar-refractivity contribution < 1.29 is 47.8 Å². The van der Waals surface area contributed by atoms with Crippen molar-refractivity contribution in [2.24, 2.45) is 0 Å². The molecule has 65 heavy (non-hydrogen) atoms. The van der Waals surface area contributed by atoms with E-state index in [0.29, 0.717) is 12.8 Å². The Morgan fingerprint density at radius 3 is 1.34 bits per heavy atom. The van der Waals surface area contributed by atoms with E-state index >= 15 is 0 Å². The maximum atomic E-state index is 12.7. The Morgan fingerprint density at radius 2 is 0.862 bits per heavy atom. The van der Waals surface area contributed by atoms with Gasteiger partial charge in [0, 0.05) is 12.8 Å². The van der Waals surface area contributed by atoms with Crippen LogP contribution in [0.2, 0.25) is 0 Å². The van der Waals surface area contributed by atoms with E-state index < -0.39 is 51.8 Å². The van der Waals surface area contributed by atoms with Crippen molar-refractivity contribution in [2.45, 2.75) is 232 Å². The van der Waals surface area contributed by atoms with Crippen LogP contribution in [0.25, 0.3) is 0 Å². The van der Waals surface area contributed by atoms with Gasteiger partial charge in [-0.2, -0.15) is 0 Å². The largest absolute Gasteiger partial charge is 0.472 e. The monoisotopic (exact) mass is 935 g/mol. The van der Waals surface area contributed by atoms with Crippen molar-refractivity contribution in [2.75, 3.05) is 26.4 Å². The average Bonchev–Trinajstić information content (AvgIpc) is 3.30. The third-order valence-corrected chi connectivity index (χ3v) is 11.8. The molecule has 1 unspecified atom stereocenters. The minimum Gasteiger partial charge on any atom is -0.462 e. The maximum absolute atomic E-state index is 12.7. The van der Waals surface area contributed by atoms with Gasteiger partial charge in [0.15, 0.2) is 6.10 Å². The fourth-order valence-corrected chi connectivity index (χ4v) is 7.70. The van der Waals surface area contributed by atoms with Crippen LogP contribution in [0.4, 0.5) is 0 Å². The lowest BCUT2D eigenvalue weighted by atomic mass is 10.0. The Morgan fingerprint density at radius 1 is 0.477 bits per heavy atom. The molecule has 0 saturated heterocycles. The number of phosphoric acid groups is 1. The number of hydrogen-bond donors (Lipinski definition) is 3. The summed E-state index contributed by atoms with van der Waals surface area (Å²) >= 11 is 0. The number of aliphatic hydroxyl groups is 2. The molecular weight excluding hydrogens is 840 g/mol. The molecule has 0 fully saturated rings. The number of aliphatic hydroxyl groups excluding tert-OH is 2. The number of unbranched alkanes of at least 4 members (excludes halogenated alkanes) is 22. The van der Waals surface area contributed by atoms with Crippen molar-refractivity contribution >= 4 is 19.8 Å². The van der Waals surface area contributed by atoms with Crippen LogP contribution >= 0.6 is 7.82 Å². The Kier molecular flexibility index (Phi) is 47.4. The first-order chi connectivity index (χ1) is 31.7. The average molecular weight is 935 g/mol. The summed E-state index contributed by atoms with van der Waals surface area (Å²) in [5.74, 6) is -0.999. The second kappa shape index (κ2) is 49.3. The molecule has 0 bridgehead atoms. The van der Waals surface area contributed by atoms with Crippen molar-refractivity contribution in [3.05, 3.63) is 72.9 Å². The molecule has 0 rings (SSSR count). The van der Waals surface area contributed by atoms with Crippen LogP contribution in [0.3, 0.4) is 0 Å². The highest BCUT2D eigenvalue weighted by Gasteiger charge is 2.27. The van der Waals surface area contributed by atoms with Crippen LogP contribution in [0.5, 0.6) is 0 Å². The molecule has 3 N–H and O–H groups in total. The molecule has 11 heteroatoms.